The van der Waals surface area contributed by atoms with Gasteiger partial charge in [-0.25, -0.2) is 0 Å². The molecule has 0 aromatic heterocycles. The topological polar surface area (TPSA) is 95.6 Å². The lowest BCUT2D eigenvalue weighted by Crippen LogP contribution is -2.32. The van der Waals surface area contributed by atoms with Crippen molar-refractivity contribution in [3.05, 3.63) is 65.2 Å². The molecule has 0 radical (unpaired) electrons. The first kappa shape index (κ1) is 17.3. The maximum atomic E-state index is 12.3. The predicted molar refractivity (Wildman–Crippen MR) is 94.9 cm³/mol. The Balaban J connectivity index is 1.61. The van der Waals surface area contributed by atoms with E-state index in [1.165, 1.54) is 7.05 Å². The van der Waals surface area contributed by atoms with Gasteiger partial charge in [-0.05, 0) is 30.3 Å². The molecule has 0 aliphatic carbocycles. The average molecular weight is 351 g/mol. The smallest absolute Gasteiger partial charge is 0.261 e. The van der Waals surface area contributed by atoms with Gasteiger partial charge in [0.15, 0.2) is 0 Å². The molecule has 2 aromatic carbocycles. The zero-order valence-electron chi connectivity index (χ0n) is 14.1. The number of fused-ring (bicyclic) bond motifs is 1. The maximum absolute atomic E-state index is 12.3. The van der Waals surface area contributed by atoms with E-state index in [4.69, 9.17) is 0 Å². The highest BCUT2D eigenvalue weighted by Gasteiger charge is 2.34. The summed E-state index contributed by atoms with van der Waals surface area (Å²) in [5.41, 5.74) is 1.61. The molecule has 132 valence electrons. The maximum Gasteiger partial charge on any atom is 0.261 e. The number of anilines is 1. The van der Waals surface area contributed by atoms with Gasteiger partial charge < -0.3 is 10.6 Å². The molecular formula is C19H17N3O4. The average Bonchev–Trinajstić information content (AvgIpc) is 2.90. The fourth-order valence-corrected chi connectivity index (χ4v) is 2.76. The van der Waals surface area contributed by atoms with Gasteiger partial charge in [0.2, 0.25) is 5.91 Å². The van der Waals surface area contributed by atoms with Gasteiger partial charge >= 0.3 is 0 Å². The number of imide groups is 1. The molecule has 0 bridgehead atoms. The zero-order chi connectivity index (χ0) is 18.7. The first-order valence-corrected chi connectivity index (χ1v) is 8.08. The number of carbonyl (C=O) groups excluding carboxylic acids is 4. The van der Waals surface area contributed by atoms with Crippen molar-refractivity contribution in [1.29, 1.82) is 0 Å². The van der Waals surface area contributed by atoms with Crippen molar-refractivity contribution in [1.82, 2.24) is 10.2 Å². The Labute approximate surface area is 150 Å². The number of carbonyl (C=O) groups is 4. The van der Waals surface area contributed by atoms with Crippen molar-refractivity contribution >= 4 is 29.3 Å². The second kappa shape index (κ2) is 7.18. The summed E-state index contributed by atoms with van der Waals surface area (Å²) in [7, 11) is 1.52. The molecule has 1 aliphatic heterocycles. The van der Waals surface area contributed by atoms with Gasteiger partial charge in [-0.1, -0.05) is 18.2 Å². The first-order chi connectivity index (χ1) is 12.5. The number of hydrogen-bond acceptors (Lipinski definition) is 4. The molecule has 0 saturated carbocycles. The minimum absolute atomic E-state index is 0.00663. The summed E-state index contributed by atoms with van der Waals surface area (Å²) in [5.74, 6) is -1.39. The normalized spacial score (nSPS) is 12.7. The first-order valence-electron chi connectivity index (χ1n) is 8.08. The van der Waals surface area contributed by atoms with E-state index in [2.05, 4.69) is 10.6 Å². The molecule has 0 unspecified atom stereocenters. The third-order valence-corrected chi connectivity index (χ3v) is 4.08. The molecule has 4 amide bonds. The Morgan fingerprint density at radius 2 is 1.62 bits per heavy atom. The van der Waals surface area contributed by atoms with E-state index in [1.807, 2.05) is 0 Å². The minimum Gasteiger partial charge on any atom is -0.355 e. The largest absolute Gasteiger partial charge is 0.355 e. The van der Waals surface area contributed by atoms with Gasteiger partial charge in [-0.3, -0.25) is 24.1 Å². The molecule has 0 atom stereocenters. The predicted octanol–water partition coefficient (Wildman–Crippen LogP) is 1.67. The molecule has 26 heavy (non-hydrogen) atoms. The number of nitrogens with one attached hydrogen (secondary N) is 2. The lowest BCUT2D eigenvalue weighted by atomic mass is 10.1. The second-order valence-electron chi connectivity index (χ2n) is 5.77. The Morgan fingerprint density at radius 3 is 2.23 bits per heavy atom. The van der Waals surface area contributed by atoms with Crippen molar-refractivity contribution in [2.75, 3.05) is 18.9 Å². The SMILES string of the molecule is CNC(=O)c1cccc(NC(=O)CCN2C(=O)c3ccccc3C2=O)c1. The van der Waals surface area contributed by atoms with E-state index in [-0.39, 0.29) is 36.6 Å². The highest BCUT2D eigenvalue weighted by molar-refractivity contribution is 6.21. The van der Waals surface area contributed by atoms with Crippen LogP contribution in [0.1, 0.15) is 37.5 Å². The van der Waals surface area contributed by atoms with Crippen LogP contribution < -0.4 is 10.6 Å². The van der Waals surface area contributed by atoms with Crippen LogP contribution in [0.5, 0.6) is 0 Å². The molecule has 7 heteroatoms. The summed E-state index contributed by atoms with van der Waals surface area (Å²) < 4.78 is 0. The zero-order valence-corrected chi connectivity index (χ0v) is 14.1. The fraction of sp³-hybridized carbons (Fsp3) is 0.158. The van der Waals surface area contributed by atoms with E-state index in [1.54, 1.807) is 48.5 Å². The number of rotatable bonds is 5. The van der Waals surface area contributed by atoms with Gasteiger partial charge in [0.05, 0.1) is 11.1 Å². The third kappa shape index (κ3) is 3.32. The van der Waals surface area contributed by atoms with E-state index < -0.39 is 0 Å². The summed E-state index contributed by atoms with van der Waals surface area (Å²) >= 11 is 0. The summed E-state index contributed by atoms with van der Waals surface area (Å²) in [5, 5.41) is 5.18. The molecule has 3 rings (SSSR count). The number of nitrogens with zero attached hydrogens (tertiary/aromatic N) is 1. The van der Waals surface area contributed by atoms with Crippen molar-refractivity contribution in [3.63, 3.8) is 0 Å². The number of benzene rings is 2. The second-order valence-corrected chi connectivity index (χ2v) is 5.77. The van der Waals surface area contributed by atoms with Crippen molar-refractivity contribution in [2.45, 2.75) is 6.42 Å². The Hall–Kier alpha value is -3.48. The van der Waals surface area contributed by atoms with E-state index >= 15 is 0 Å². The lowest BCUT2D eigenvalue weighted by molar-refractivity contribution is -0.116. The van der Waals surface area contributed by atoms with Gasteiger partial charge in [-0.15, -0.1) is 0 Å². The van der Waals surface area contributed by atoms with Gasteiger partial charge in [-0.2, -0.15) is 0 Å². The van der Waals surface area contributed by atoms with Crippen LogP contribution in [0.4, 0.5) is 5.69 Å². The van der Waals surface area contributed by atoms with Gasteiger partial charge in [0.1, 0.15) is 0 Å². The van der Waals surface area contributed by atoms with Gasteiger partial charge in [0, 0.05) is 31.3 Å². The standard InChI is InChI=1S/C19H17N3O4/c1-20-17(24)12-5-4-6-13(11-12)21-16(23)9-10-22-18(25)14-7-2-3-8-15(14)19(22)26/h2-8,11H,9-10H2,1H3,(H,20,24)(H,21,23). The van der Waals surface area contributed by atoms with Crippen LogP contribution in [0.15, 0.2) is 48.5 Å². The molecule has 2 aromatic rings. The summed E-state index contributed by atoms with van der Waals surface area (Å²) in [6, 6.07) is 13.1. The minimum atomic E-state index is -0.389. The van der Waals surface area contributed by atoms with Crippen LogP contribution in [0.3, 0.4) is 0 Å². The fourth-order valence-electron chi connectivity index (χ4n) is 2.76. The van der Waals surface area contributed by atoms with Gasteiger partial charge in [0.25, 0.3) is 17.7 Å². The van der Waals surface area contributed by atoms with Crippen LogP contribution in [-0.2, 0) is 4.79 Å². The molecule has 1 heterocycles. The molecule has 0 saturated heterocycles. The summed E-state index contributed by atoms with van der Waals surface area (Å²) in [6.07, 6.45) is -0.0321. The quantitative estimate of drug-likeness (QED) is 0.801. The van der Waals surface area contributed by atoms with E-state index in [0.717, 1.165) is 4.90 Å². The Bertz CT molecular complexity index is 872. The lowest BCUT2D eigenvalue weighted by Gasteiger charge is -2.13. The Kier molecular flexibility index (Phi) is 4.79. The van der Waals surface area contributed by atoms with Crippen molar-refractivity contribution in [2.24, 2.45) is 0 Å². The van der Waals surface area contributed by atoms with Crippen LogP contribution in [0, 0.1) is 0 Å². The summed E-state index contributed by atoms with van der Waals surface area (Å²) in [6.45, 7) is -0.00663. The van der Waals surface area contributed by atoms with Crippen LogP contribution in [-0.4, -0.2) is 42.1 Å². The monoisotopic (exact) mass is 351 g/mol. The van der Waals surface area contributed by atoms with E-state index in [0.29, 0.717) is 22.4 Å². The van der Waals surface area contributed by atoms with Crippen LogP contribution in [0.2, 0.25) is 0 Å². The summed E-state index contributed by atoms with van der Waals surface area (Å²) in [4.78, 5) is 49.4. The van der Waals surface area contributed by atoms with Crippen molar-refractivity contribution < 1.29 is 19.2 Å². The number of amides is 4. The Morgan fingerprint density at radius 1 is 0.962 bits per heavy atom. The molecule has 2 N–H and O–H groups in total. The van der Waals surface area contributed by atoms with Crippen LogP contribution in [0.25, 0.3) is 0 Å². The molecule has 7 nitrogen and oxygen atoms in total. The van der Waals surface area contributed by atoms with Crippen LogP contribution >= 0.6 is 0 Å². The molecule has 1 aliphatic rings. The molecular weight excluding hydrogens is 334 g/mol. The highest BCUT2D eigenvalue weighted by atomic mass is 16.2. The molecule has 0 fully saturated rings. The third-order valence-electron chi connectivity index (χ3n) is 4.08. The highest BCUT2D eigenvalue weighted by Crippen LogP contribution is 2.22. The number of hydrogen-bond donors (Lipinski definition) is 2. The van der Waals surface area contributed by atoms with Crippen molar-refractivity contribution in [3.8, 4) is 0 Å². The van der Waals surface area contributed by atoms with E-state index in [9.17, 15) is 19.2 Å². The molecule has 0 spiro atoms.